The maximum absolute atomic E-state index is 11.6. The fourth-order valence-corrected chi connectivity index (χ4v) is 2.16. The molecule has 0 amide bonds. The first-order valence-corrected chi connectivity index (χ1v) is 6.10. The van der Waals surface area contributed by atoms with Crippen LogP contribution in [0.4, 0.5) is 16.5 Å². The van der Waals surface area contributed by atoms with E-state index in [2.05, 4.69) is 15.0 Å². The lowest BCUT2D eigenvalue weighted by molar-refractivity contribution is -0.380. The number of hydrogen-bond donors (Lipinski definition) is 3. The van der Waals surface area contributed by atoms with E-state index in [-0.39, 0.29) is 21.3 Å². The molecule has 19 heavy (non-hydrogen) atoms. The number of nitrogen functional groups attached to an aromatic ring is 1. The number of H-pyrrole nitrogens is 2. The van der Waals surface area contributed by atoms with Gasteiger partial charge < -0.3 is 10.7 Å². The minimum atomic E-state index is -0.524. The van der Waals surface area contributed by atoms with Crippen LogP contribution in [0.1, 0.15) is 4.88 Å². The van der Waals surface area contributed by atoms with Gasteiger partial charge in [0.2, 0.25) is 0 Å². The van der Waals surface area contributed by atoms with Crippen LogP contribution in [-0.4, -0.2) is 21.1 Å². The molecule has 0 unspecified atom stereocenters. The van der Waals surface area contributed by atoms with Gasteiger partial charge in [-0.2, -0.15) is 0 Å². The molecular weight excluding hydrogens is 290 g/mol. The molecule has 0 aliphatic rings. The number of aliphatic imine (C=N–C) groups is 1. The number of nitrogens with two attached hydrogens (primary N) is 1. The van der Waals surface area contributed by atoms with E-state index in [9.17, 15) is 14.9 Å². The van der Waals surface area contributed by atoms with Gasteiger partial charge in [-0.05, 0) is 18.3 Å². The van der Waals surface area contributed by atoms with Crippen molar-refractivity contribution < 1.29 is 4.92 Å². The number of anilines is 1. The first-order chi connectivity index (χ1) is 8.97. The van der Waals surface area contributed by atoms with E-state index in [0.29, 0.717) is 4.88 Å². The Morgan fingerprint density at radius 3 is 2.79 bits per heavy atom. The van der Waals surface area contributed by atoms with E-state index < -0.39 is 10.5 Å². The molecule has 8 nitrogen and oxygen atoms in total. The summed E-state index contributed by atoms with van der Waals surface area (Å²) in [5, 5.41) is 10.5. The molecule has 0 aromatic carbocycles. The number of hydrogen-bond acceptors (Lipinski definition) is 7. The Labute approximate surface area is 114 Å². The SMILES string of the molecule is Nc1[nH]c(=S)[nH]c(=O)c1N=Cc1ccc([N+](=O)[O-])s1. The highest BCUT2D eigenvalue weighted by molar-refractivity contribution is 7.71. The third kappa shape index (κ3) is 2.92. The van der Waals surface area contributed by atoms with Gasteiger partial charge in [0.15, 0.2) is 10.5 Å². The van der Waals surface area contributed by atoms with Crippen LogP contribution < -0.4 is 11.3 Å². The maximum Gasteiger partial charge on any atom is 0.324 e. The number of thiophene rings is 1. The minimum Gasteiger partial charge on any atom is -0.383 e. The molecule has 2 heterocycles. The van der Waals surface area contributed by atoms with Gasteiger partial charge in [-0.25, -0.2) is 4.99 Å². The number of nitrogens with zero attached hydrogens (tertiary/aromatic N) is 2. The fourth-order valence-electron chi connectivity index (χ4n) is 1.26. The summed E-state index contributed by atoms with van der Waals surface area (Å²) in [4.78, 5) is 30.9. The largest absolute Gasteiger partial charge is 0.383 e. The fraction of sp³-hybridized carbons (Fsp3) is 0. The third-order valence-corrected chi connectivity index (χ3v) is 3.23. The van der Waals surface area contributed by atoms with Gasteiger partial charge >= 0.3 is 5.00 Å². The molecule has 0 saturated carbocycles. The van der Waals surface area contributed by atoms with Crippen molar-refractivity contribution >= 4 is 46.3 Å². The van der Waals surface area contributed by atoms with Crippen LogP contribution in [0.15, 0.2) is 21.9 Å². The molecule has 0 radical (unpaired) electrons. The van der Waals surface area contributed by atoms with E-state index in [0.717, 1.165) is 11.3 Å². The maximum atomic E-state index is 11.6. The zero-order valence-electron chi connectivity index (χ0n) is 9.25. The van der Waals surface area contributed by atoms with Gasteiger partial charge in [0, 0.05) is 12.3 Å². The zero-order chi connectivity index (χ0) is 14.0. The van der Waals surface area contributed by atoms with Crippen LogP contribution in [0.5, 0.6) is 0 Å². The molecule has 98 valence electrons. The molecule has 0 aliphatic heterocycles. The first-order valence-electron chi connectivity index (χ1n) is 4.88. The molecule has 0 aliphatic carbocycles. The minimum absolute atomic E-state index is 0.00389. The second-order valence-electron chi connectivity index (χ2n) is 3.36. The third-order valence-electron chi connectivity index (χ3n) is 2.06. The highest BCUT2D eigenvalue weighted by Crippen LogP contribution is 2.23. The van der Waals surface area contributed by atoms with Crippen molar-refractivity contribution in [3.63, 3.8) is 0 Å². The van der Waals surface area contributed by atoms with Gasteiger partial charge in [0.1, 0.15) is 5.82 Å². The van der Waals surface area contributed by atoms with E-state index >= 15 is 0 Å². The van der Waals surface area contributed by atoms with Crippen LogP contribution >= 0.6 is 23.6 Å². The lowest BCUT2D eigenvalue weighted by atomic mass is 10.4. The Hall–Kier alpha value is -2.33. The summed E-state index contributed by atoms with van der Waals surface area (Å²) in [5.74, 6) is 0.0380. The van der Waals surface area contributed by atoms with Gasteiger partial charge in [0.05, 0.1) is 9.80 Å². The average molecular weight is 297 g/mol. The zero-order valence-corrected chi connectivity index (χ0v) is 10.9. The Morgan fingerprint density at radius 1 is 1.47 bits per heavy atom. The highest BCUT2D eigenvalue weighted by atomic mass is 32.1. The number of aromatic nitrogens is 2. The van der Waals surface area contributed by atoms with Crippen molar-refractivity contribution in [3.8, 4) is 0 Å². The van der Waals surface area contributed by atoms with Crippen LogP contribution in [0.2, 0.25) is 0 Å². The van der Waals surface area contributed by atoms with Crippen LogP contribution in [-0.2, 0) is 0 Å². The van der Waals surface area contributed by atoms with Crippen LogP contribution in [0.3, 0.4) is 0 Å². The molecule has 0 spiro atoms. The Morgan fingerprint density at radius 2 is 2.21 bits per heavy atom. The Kier molecular flexibility index (Phi) is 3.53. The predicted molar refractivity (Wildman–Crippen MR) is 74.9 cm³/mol. The molecule has 2 rings (SSSR count). The summed E-state index contributed by atoms with van der Waals surface area (Å²) in [6.07, 6.45) is 1.33. The highest BCUT2D eigenvalue weighted by Gasteiger charge is 2.09. The lowest BCUT2D eigenvalue weighted by Gasteiger charge is -1.97. The second kappa shape index (κ2) is 5.12. The van der Waals surface area contributed by atoms with Gasteiger partial charge in [-0.3, -0.25) is 19.9 Å². The molecule has 0 saturated heterocycles. The summed E-state index contributed by atoms with van der Waals surface area (Å²) in [6.45, 7) is 0. The van der Waals surface area contributed by atoms with Crippen LogP contribution in [0.25, 0.3) is 0 Å². The van der Waals surface area contributed by atoms with E-state index in [4.69, 9.17) is 18.0 Å². The molecule has 4 N–H and O–H groups in total. The average Bonchev–Trinajstić information content (AvgIpc) is 2.76. The number of rotatable bonds is 3. The molecule has 10 heteroatoms. The monoisotopic (exact) mass is 297 g/mol. The molecule has 0 bridgehead atoms. The van der Waals surface area contributed by atoms with Crippen molar-refractivity contribution in [3.05, 3.63) is 42.2 Å². The molecule has 2 aromatic rings. The predicted octanol–water partition coefficient (Wildman–Crippen LogP) is 1.73. The second-order valence-corrected chi connectivity index (χ2v) is 4.86. The smallest absolute Gasteiger partial charge is 0.324 e. The van der Waals surface area contributed by atoms with Crippen molar-refractivity contribution in [1.29, 1.82) is 0 Å². The normalized spacial score (nSPS) is 10.9. The summed E-state index contributed by atoms with van der Waals surface area (Å²) in [6, 6.07) is 2.89. The van der Waals surface area contributed by atoms with E-state index in [1.807, 2.05) is 0 Å². The summed E-state index contributed by atoms with van der Waals surface area (Å²) in [7, 11) is 0. The summed E-state index contributed by atoms with van der Waals surface area (Å²) < 4.78 is 0.105. The lowest BCUT2D eigenvalue weighted by Crippen LogP contribution is -2.10. The van der Waals surface area contributed by atoms with E-state index in [1.54, 1.807) is 0 Å². The van der Waals surface area contributed by atoms with Crippen molar-refractivity contribution in [1.82, 2.24) is 9.97 Å². The van der Waals surface area contributed by atoms with Crippen LogP contribution in [0, 0.1) is 14.9 Å². The van der Waals surface area contributed by atoms with Crippen molar-refractivity contribution in [2.45, 2.75) is 0 Å². The van der Waals surface area contributed by atoms with E-state index in [1.165, 1.54) is 18.3 Å². The van der Waals surface area contributed by atoms with Crippen molar-refractivity contribution in [2.75, 3.05) is 5.73 Å². The molecule has 2 aromatic heterocycles. The quantitative estimate of drug-likeness (QED) is 0.344. The number of nitrogens with one attached hydrogen (secondary N) is 2. The van der Waals surface area contributed by atoms with Gasteiger partial charge in [-0.1, -0.05) is 11.3 Å². The Balaban J connectivity index is 2.35. The number of nitro groups is 1. The molecular formula is C9H7N5O3S2. The standard InChI is InChI=1S/C9H7N5O3S2/c10-7-6(8(15)13-9(18)12-7)11-3-4-1-2-5(19-4)14(16)17/h1-3H,(H4,10,12,13,15,18). The number of aromatic amines is 2. The summed E-state index contributed by atoms with van der Waals surface area (Å²) in [5.41, 5.74) is 5.03. The molecule has 0 fully saturated rings. The van der Waals surface area contributed by atoms with Gasteiger partial charge in [0.25, 0.3) is 5.56 Å². The van der Waals surface area contributed by atoms with Gasteiger partial charge in [-0.15, -0.1) is 0 Å². The summed E-state index contributed by atoms with van der Waals surface area (Å²) >= 11 is 5.68. The first kappa shape index (κ1) is 13.1. The Bertz CT molecular complexity index is 773. The van der Waals surface area contributed by atoms with Crippen molar-refractivity contribution in [2.24, 2.45) is 4.99 Å². The topological polar surface area (TPSA) is 130 Å². The molecule has 0 atom stereocenters.